The van der Waals surface area contributed by atoms with Crippen LogP contribution in [0.2, 0.25) is 20.1 Å². The summed E-state index contributed by atoms with van der Waals surface area (Å²) in [5.41, 5.74) is 1.37. The maximum atomic E-state index is 6.49. The van der Waals surface area contributed by atoms with Gasteiger partial charge < -0.3 is 9.47 Å². The van der Waals surface area contributed by atoms with Crippen LogP contribution in [-0.2, 0) is 5.41 Å². The van der Waals surface area contributed by atoms with Crippen molar-refractivity contribution in [3.8, 4) is 11.5 Å². The third-order valence-electron chi connectivity index (χ3n) is 4.99. The Kier molecular flexibility index (Phi) is 11.2. The van der Waals surface area contributed by atoms with Gasteiger partial charge in [-0.1, -0.05) is 60.3 Å². The first-order valence-electron chi connectivity index (χ1n) is 10.1. The van der Waals surface area contributed by atoms with E-state index in [1.165, 1.54) is 0 Å². The van der Waals surface area contributed by atoms with Gasteiger partial charge in [0.15, 0.2) is 11.5 Å². The molecule has 2 aromatic rings. The van der Waals surface area contributed by atoms with Crippen LogP contribution in [0.15, 0.2) is 24.3 Å². The lowest BCUT2D eigenvalue weighted by molar-refractivity contribution is 0.310. The van der Waals surface area contributed by atoms with E-state index < -0.39 is 5.41 Å². The Morgan fingerprint density at radius 2 is 0.935 bits per heavy atom. The van der Waals surface area contributed by atoms with Crippen molar-refractivity contribution in [2.45, 2.75) is 44.9 Å². The largest absolute Gasteiger partial charge is 0.490 e. The van der Waals surface area contributed by atoms with E-state index in [2.05, 4.69) is 13.8 Å². The van der Waals surface area contributed by atoms with E-state index in [0.29, 0.717) is 56.6 Å². The van der Waals surface area contributed by atoms with Crippen LogP contribution < -0.4 is 9.47 Å². The van der Waals surface area contributed by atoms with Gasteiger partial charge in [-0.05, 0) is 61.1 Å². The second kappa shape index (κ2) is 12.9. The lowest BCUT2D eigenvalue weighted by Gasteiger charge is -2.28. The first-order chi connectivity index (χ1) is 14.7. The minimum atomic E-state index is -0.463. The number of hydrogen-bond donors (Lipinski definition) is 0. The highest BCUT2D eigenvalue weighted by atomic mass is 35.5. The summed E-state index contributed by atoms with van der Waals surface area (Å²) in [4.78, 5) is 0. The quantitative estimate of drug-likeness (QED) is 0.195. The molecule has 0 heterocycles. The van der Waals surface area contributed by atoms with E-state index in [4.69, 9.17) is 79.1 Å². The number of unbranched alkanes of at least 4 members (excludes halogenated alkanes) is 2. The lowest BCUT2D eigenvalue weighted by Crippen LogP contribution is -2.19. The third-order valence-corrected chi connectivity index (χ3v) is 6.65. The molecule has 0 aliphatic carbocycles. The molecule has 2 nitrogen and oxygen atoms in total. The SMILES string of the molecule is CC(C)(c1cc(Cl)c(OCCCCCl)c(Cl)c1)c1cc(Cl)c(OCCCCCl)c(Cl)c1. The number of halogens is 6. The summed E-state index contributed by atoms with van der Waals surface area (Å²) in [6.45, 7) is 5.12. The van der Waals surface area contributed by atoms with Crippen LogP contribution in [-0.4, -0.2) is 25.0 Å². The molecule has 8 heteroatoms. The van der Waals surface area contributed by atoms with Crippen LogP contribution in [0.4, 0.5) is 0 Å². The molecule has 0 saturated heterocycles. The summed E-state index contributed by atoms with van der Waals surface area (Å²) >= 11 is 37.4. The minimum absolute atomic E-state index is 0.456. The summed E-state index contributed by atoms with van der Waals surface area (Å²) in [6, 6.07) is 7.46. The van der Waals surface area contributed by atoms with E-state index in [1.54, 1.807) is 0 Å². The smallest absolute Gasteiger partial charge is 0.156 e. The average Bonchev–Trinajstić information content (AvgIpc) is 2.71. The van der Waals surface area contributed by atoms with Crippen molar-refractivity contribution in [2.75, 3.05) is 25.0 Å². The normalized spacial score (nSPS) is 11.6. The number of hydrogen-bond acceptors (Lipinski definition) is 2. The summed E-state index contributed by atoms with van der Waals surface area (Å²) < 4.78 is 11.5. The zero-order chi connectivity index (χ0) is 23.0. The predicted octanol–water partition coefficient (Wildman–Crippen LogP) is 9.42. The number of benzene rings is 2. The molecule has 0 spiro atoms. The highest BCUT2D eigenvalue weighted by Crippen LogP contribution is 2.43. The average molecular weight is 547 g/mol. The number of rotatable bonds is 12. The van der Waals surface area contributed by atoms with E-state index in [9.17, 15) is 0 Å². The van der Waals surface area contributed by atoms with Crippen molar-refractivity contribution in [3.63, 3.8) is 0 Å². The number of alkyl halides is 2. The topological polar surface area (TPSA) is 18.5 Å². The molecule has 0 atom stereocenters. The second-order valence-electron chi connectivity index (χ2n) is 7.65. The fraction of sp³-hybridized carbons (Fsp3) is 0.478. The maximum Gasteiger partial charge on any atom is 0.156 e. The predicted molar refractivity (Wildman–Crippen MR) is 136 cm³/mol. The fourth-order valence-electron chi connectivity index (χ4n) is 3.03. The van der Waals surface area contributed by atoms with Crippen molar-refractivity contribution < 1.29 is 9.47 Å². The van der Waals surface area contributed by atoms with E-state index in [-0.39, 0.29) is 0 Å². The van der Waals surface area contributed by atoms with Gasteiger partial charge in [-0.15, -0.1) is 23.2 Å². The fourth-order valence-corrected chi connectivity index (χ4v) is 4.60. The van der Waals surface area contributed by atoms with E-state index in [1.807, 2.05) is 24.3 Å². The molecule has 0 bridgehead atoms. The van der Waals surface area contributed by atoms with E-state index in [0.717, 1.165) is 36.8 Å². The van der Waals surface area contributed by atoms with E-state index >= 15 is 0 Å². The van der Waals surface area contributed by atoms with Gasteiger partial charge in [0.25, 0.3) is 0 Å². The molecule has 0 N–H and O–H groups in total. The number of ether oxygens (including phenoxy) is 2. The van der Waals surface area contributed by atoms with Crippen LogP contribution in [0.3, 0.4) is 0 Å². The van der Waals surface area contributed by atoms with Gasteiger partial charge in [0.05, 0.1) is 33.3 Å². The second-order valence-corrected chi connectivity index (χ2v) is 10.0. The van der Waals surface area contributed by atoms with Crippen LogP contribution in [0.1, 0.15) is 50.7 Å². The van der Waals surface area contributed by atoms with Gasteiger partial charge in [-0.25, -0.2) is 0 Å². The van der Waals surface area contributed by atoms with Crippen LogP contribution in [0.5, 0.6) is 11.5 Å². The molecule has 0 aliphatic heterocycles. The third kappa shape index (κ3) is 7.39. The van der Waals surface area contributed by atoms with Gasteiger partial charge >= 0.3 is 0 Å². The Morgan fingerprint density at radius 1 is 0.613 bits per heavy atom. The minimum Gasteiger partial charge on any atom is -0.490 e. The zero-order valence-electron chi connectivity index (χ0n) is 17.6. The monoisotopic (exact) mass is 544 g/mol. The molecule has 2 rings (SSSR count). The Labute approximate surface area is 215 Å². The van der Waals surface area contributed by atoms with Crippen molar-refractivity contribution >= 4 is 69.6 Å². The highest BCUT2D eigenvalue weighted by Gasteiger charge is 2.27. The Hall–Kier alpha value is -0.220. The molecule has 31 heavy (non-hydrogen) atoms. The summed E-state index contributed by atoms with van der Waals surface area (Å²) in [5.74, 6) is 2.16. The summed E-state index contributed by atoms with van der Waals surface area (Å²) in [6.07, 6.45) is 3.41. The van der Waals surface area contributed by atoms with Gasteiger partial charge in [-0.2, -0.15) is 0 Å². The highest BCUT2D eigenvalue weighted by molar-refractivity contribution is 6.38. The lowest BCUT2D eigenvalue weighted by atomic mass is 9.78. The molecule has 0 aromatic heterocycles. The summed E-state index contributed by atoms with van der Waals surface area (Å²) in [5, 5.41) is 1.83. The summed E-state index contributed by atoms with van der Waals surface area (Å²) in [7, 11) is 0. The molecular formula is C23H26Cl6O2. The molecule has 0 unspecified atom stereocenters. The molecule has 172 valence electrons. The molecule has 0 saturated carbocycles. The van der Waals surface area contributed by atoms with Gasteiger partial charge in [-0.3, -0.25) is 0 Å². The van der Waals surface area contributed by atoms with Gasteiger partial charge in [0.1, 0.15) is 0 Å². The molecule has 0 radical (unpaired) electrons. The van der Waals surface area contributed by atoms with Crippen LogP contribution >= 0.6 is 69.6 Å². The standard InChI is InChI=1S/C23H26Cl6O2/c1-23(2,15-11-17(26)21(18(27)12-15)30-9-5-3-7-24)16-13-19(28)22(20(29)14-16)31-10-6-4-8-25/h11-14H,3-10H2,1-2H3. The molecule has 0 aliphatic rings. The first kappa shape index (κ1) is 27.0. The first-order valence-corrected chi connectivity index (χ1v) is 12.7. The van der Waals surface area contributed by atoms with Gasteiger partial charge in [0, 0.05) is 17.2 Å². The van der Waals surface area contributed by atoms with Crippen molar-refractivity contribution in [1.82, 2.24) is 0 Å². The van der Waals surface area contributed by atoms with Crippen LogP contribution in [0.25, 0.3) is 0 Å². The van der Waals surface area contributed by atoms with Crippen molar-refractivity contribution in [1.29, 1.82) is 0 Å². The maximum absolute atomic E-state index is 6.49. The molecular weight excluding hydrogens is 521 g/mol. The Bertz CT molecular complexity index is 754. The Morgan fingerprint density at radius 3 is 1.23 bits per heavy atom. The van der Waals surface area contributed by atoms with Crippen molar-refractivity contribution in [3.05, 3.63) is 55.5 Å². The Balaban J connectivity index is 2.26. The van der Waals surface area contributed by atoms with Gasteiger partial charge in [0.2, 0.25) is 0 Å². The van der Waals surface area contributed by atoms with Crippen LogP contribution in [0, 0.1) is 0 Å². The molecule has 0 amide bonds. The molecule has 2 aromatic carbocycles. The van der Waals surface area contributed by atoms with Crippen molar-refractivity contribution in [2.24, 2.45) is 0 Å². The zero-order valence-corrected chi connectivity index (χ0v) is 22.1. The molecule has 0 fully saturated rings.